The summed E-state index contributed by atoms with van der Waals surface area (Å²) in [5.74, 6) is -1.71. The van der Waals surface area contributed by atoms with Gasteiger partial charge in [-0.15, -0.1) is 0 Å². The Kier molecular flexibility index (Phi) is 4.88. The van der Waals surface area contributed by atoms with Crippen LogP contribution in [0.1, 0.15) is 22.0 Å². The predicted molar refractivity (Wildman–Crippen MR) is 78.0 cm³/mol. The molecule has 1 heterocycles. The van der Waals surface area contributed by atoms with Crippen molar-refractivity contribution in [3.63, 3.8) is 0 Å². The molecule has 1 N–H and O–H groups in total. The third-order valence-electron chi connectivity index (χ3n) is 3.13. The van der Waals surface area contributed by atoms with Crippen molar-refractivity contribution in [1.82, 2.24) is 0 Å². The maximum Gasteiger partial charge on any atom is 0.351 e. The molecule has 1 aromatic rings. The summed E-state index contributed by atoms with van der Waals surface area (Å²) in [5.41, 5.74) is -0.813. The van der Waals surface area contributed by atoms with Crippen LogP contribution in [-0.4, -0.2) is 35.2 Å². The van der Waals surface area contributed by atoms with Crippen LogP contribution in [0.4, 0.5) is 5.69 Å². The molecular weight excluding hydrogens is 353 g/mol. The first-order chi connectivity index (χ1) is 10.8. The summed E-state index contributed by atoms with van der Waals surface area (Å²) in [7, 11) is 1.13. The number of halogens is 2. The molecule has 0 spiro atoms. The van der Waals surface area contributed by atoms with E-state index >= 15 is 0 Å². The number of nitro groups is 1. The van der Waals surface area contributed by atoms with E-state index in [1.54, 1.807) is 0 Å². The van der Waals surface area contributed by atoms with Crippen LogP contribution in [0.5, 0.6) is 0 Å². The number of aliphatic hydroxyl groups is 1. The lowest BCUT2D eigenvalue weighted by Gasteiger charge is -2.18. The van der Waals surface area contributed by atoms with E-state index < -0.39 is 39.8 Å². The largest absolute Gasteiger partial charge is 0.465 e. The highest BCUT2D eigenvalue weighted by molar-refractivity contribution is 6.48. The third kappa shape index (κ3) is 3.14. The molecule has 2 rings (SSSR count). The molecule has 0 aliphatic carbocycles. The Morgan fingerprint density at radius 2 is 2.13 bits per heavy atom. The summed E-state index contributed by atoms with van der Waals surface area (Å²) in [4.78, 5) is 33.2. The van der Waals surface area contributed by atoms with Crippen molar-refractivity contribution in [2.75, 3.05) is 7.11 Å². The molecule has 1 aliphatic heterocycles. The van der Waals surface area contributed by atoms with Gasteiger partial charge in [0.05, 0.1) is 28.2 Å². The lowest BCUT2D eigenvalue weighted by atomic mass is 10.0. The number of carbonyl (C=O) groups excluding carboxylic acids is 2. The van der Waals surface area contributed by atoms with Gasteiger partial charge in [-0.3, -0.25) is 10.1 Å². The van der Waals surface area contributed by atoms with Crippen LogP contribution in [-0.2, 0) is 14.3 Å². The van der Waals surface area contributed by atoms with Crippen LogP contribution < -0.4 is 0 Å². The summed E-state index contributed by atoms with van der Waals surface area (Å²) >= 11 is 11.4. The predicted octanol–water partition coefficient (Wildman–Crippen LogP) is 2.03. The van der Waals surface area contributed by atoms with E-state index in [9.17, 15) is 24.8 Å². The van der Waals surface area contributed by atoms with E-state index in [-0.39, 0.29) is 16.2 Å². The van der Waals surface area contributed by atoms with E-state index in [1.807, 2.05) is 0 Å². The van der Waals surface area contributed by atoms with Gasteiger partial charge in [0.1, 0.15) is 11.1 Å². The number of benzene rings is 1. The molecule has 2 atom stereocenters. The first-order valence-corrected chi connectivity index (χ1v) is 6.84. The number of ether oxygens (including phenoxy) is 2. The lowest BCUT2D eigenvalue weighted by Crippen LogP contribution is -2.21. The number of carbonyl (C=O) groups is 2. The number of hydrogen-bond acceptors (Lipinski definition) is 7. The van der Waals surface area contributed by atoms with E-state index in [0.29, 0.717) is 0 Å². The van der Waals surface area contributed by atoms with Gasteiger partial charge in [-0.05, 0) is 12.1 Å². The molecule has 0 fully saturated rings. The maximum atomic E-state index is 11.4. The zero-order chi connectivity index (χ0) is 17.3. The Bertz CT molecular complexity index is 731. The topological polar surface area (TPSA) is 116 Å². The second kappa shape index (κ2) is 6.53. The zero-order valence-electron chi connectivity index (χ0n) is 11.5. The molecule has 0 radical (unpaired) electrons. The third-order valence-corrected chi connectivity index (χ3v) is 3.99. The molecule has 0 amide bonds. The number of nitrogens with zero attached hydrogens (tertiary/aromatic N) is 1. The maximum absolute atomic E-state index is 11.4. The highest BCUT2D eigenvalue weighted by Gasteiger charge is 2.40. The van der Waals surface area contributed by atoms with Crippen LogP contribution in [0, 0.1) is 10.1 Å². The van der Waals surface area contributed by atoms with Crippen molar-refractivity contribution < 1.29 is 29.1 Å². The van der Waals surface area contributed by atoms with E-state index in [0.717, 1.165) is 19.2 Å². The molecule has 23 heavy (non-hydrogen) atoms. The quantitative estimate of drug-likeness (QED) is 0.495. The van der Waals surface area contributed by atoms with Crippen LogP contribution >= 0.6 is 23.2 Å². The molecule has 1 aromatic carbocycles. The molecule has 1 aliphatic rings. The Morgan fingerprint density at radius 3 is 2.61 bits per heavy atom. The smallest absolute Gasteiger partial charge is 0.351 e. The molecule has 2 unspecified atom stereocenters. The average molecular weight is 362 g/mol. The number of rotatable bonds is 4. The second-order valence-electron chi connectivity index (χ2n) is 4.45. The summed E-state index contributed by atoms with van der Waals surface area (Å²) in [6, 6.07) is 3.33. The summed E-state index contributed by atoms with van der Waals surface area (Å²) < 4.78 is 9.27. The van der Waals surface area contributed by atoms with Crippen molar-refractivity contribution in [2.24, 2.45) is 0 Å². The fourth-order valence-corrected chi connectivity index (χ4v) is 2.40. The SMILES string of the molecule is COC(=O)c1ccc(C(O)C2OC(=O)C(Cl)=C2Cl)c([N+](=O)[O-])c1. The van der Waals surface area contributed by atoms with E-state index in [2.05, 4.69) is 4.74 Å². The molecule has 10 heteroatoms. The second-order valence-corrected chi connectivity index (χ2v) is 5.24. The van der Waals surface area contributed by atoms with Crippen LogP contribution in [0.15, 0.2) is 28.3 Å². The summed E-state index contributed by atoms with van der Waals surface area (Å²) in [6.07, 6.45) is -2.99. The van der Waals surface area contributed by atoms with Crippen LogP contribution in [0.2, 0.25) is 0 Å². The standard InChI is InChI=1S/C13H9Cl2NO7/c1-22-12(18)5-2-3-6(7(4-5)16(20)21)10(17)11-8(14)9(15)13(19)23-11/h2-4,10-11,17H,1H3. The van der Waals surface area contributed by atoms with Crippen molar-refractivity contribution in [2.45, 2.75) is 12.2 Å². The number of aliphatic hydroxyl groups excluding tert-OH is 1. The molecule has 0 bridgehead atoms. The highest BCUT2D eigenvalue weighted by atomic mass is 35.5. The minimum Gasteiger partial charge on any atom is -0.465 e. The zero-order valence-corrected chi connectivity index (χ0v) is 13.0. The van der Waals surface area contributed by atoms with E-state index in [1.165, 1.54) is 6.07 Å². The van der Waals surface area contributed by atoms with Gasteiger partial charge in [0.2, 0.25) is 0 Å². The molecule has 8 nitrogen and oxygen atoms in total. The van der Waals surface area contributed by atoms with Gasteiger partial charge in [0.15, 0.2) is 6.10 Å². The first-order valence-electron chi connectivity index (χ1n) is 6.08. The Balaban J connectivity index is 2.45. The normalized spacial score (nSPS) is 18.6. The van der Waals surface area contributed by atoms with Gasteiger partial charge < -0.3 is 14.6 Å². The molecule has 122 valence electrons. The van der Waals surface area contributed by atoms with Gasteiger partial charge in [-0.1, -0.05) is 23.2 Å². The van der Waals surface area contributed by atoms with Gasteiger partial charge in [-0.25, -0.2) is 9.59 Å². The summed E-state index contributed by atoms with van der Waals surface area (Å²) in [6.45, 7) is 0. The number of cyclic esters (lactones) is 1. The molecule has 0 saturated carbocycles. The monoisotopic (exact) mass is 361 g/mol. The Morgan fingerprint density at radius 1 is 1.48 bits per heavy atom. The molecular formula is C13H9Cl2NO7. The Hall–Kier alpha value is -2.16. The van der Waals surface area contributed by atoms with Gasteiger partial charge in [0, 0.05) is 6.07 Å². The van der Waals surface area contributed by atoms with Crippen molar-refractivity contribution in [1.29, 1.82) is 0 Å². The molecule has 0 saturated heterocycles. The Labute approximate surface area is 139 Å². The average Bonchev–Trinajstić information content (AvgIpc) is 2.80. The fraction of sp³-hybridized carbons (Fsp3) is 0.231. The lowest BCUT2D eigenvalue weighted by molar-refractivity contribution is -0.386. The molecule has 0 aromatic heterocycles. The fourth-order valence-electron chi connectivity index (χ4n) is 2.00. The first kappa shape index (κ1) is 17.2. The van der Waals surface area contributed by atoms with Crippen LogP contribution in [0.3, 0.4) is 0 Å². The van der Waals surface area contributed by atoms with Crippen LogP contribution in [0.25, 0.3) is 0 Å². The van der Waals surface area contributed by atoms with E-state index in [4.69, 9.17) is 27.9 Å². The van der Waals surface area contributed by atoms with Crippen molar-refractivity contribution >= 4 is 40.8 Å². The van der Waals surface area contributed by atoms with Gasteiger partial charge in [0.25, 0.3) is 5.69 Å². The minimum atomic E-state index is -1.63. The summed E-state index contributed by atoms with van der Waals surface area (Å²) in [5, 5.41) is 20.8. The number of hydrogen-bond donors (Lipinski definition) is 1. The number of esters is 2. The van der Waals surface area contributed by atoms with Crippen molar-refractivity contribution in [3.8, 4) is 0 Å². The minimum absolute atomic E-state index is 0.0711. The number of nitro benzene ring substituents is 1. The van der Waals surface area contributed by atoms with Gasteiger partial charge >= 0.3 is 11.9 Å². The van der Waals surface area contributed by atoms with Gasteiger partial charge in [-0.2, -0.15) is 0 Å². The number of methoxy groups -OCH3 is 1. The van der Waals surface area contributed by atoms with Crippen molar-refractivity contribution in [3.05, 3.63) is 49.5 Å². The highest BCUT2D eigenvalue weighted by Crippen LogP contribution is 2.38.